The lowest BCUT2D eigenvalue weighted by Crippen LogP contribution is -2.38. The van der Waals surface area contributed by atoms with Crippen LogP contribution in [0.4, 0.5) is 0 Å². The molecule has 3 unspecified atom stereocenters. The Morgan fingerprint density at radius 2 is 2.00 bits per heavy atom. The van der Waals surface area contributed by atoms with E-state index in [9.17, 15) is 0 Å². The quantitative estimate of drug-likeness (QED) is 0.765. The summed E-state index contributed by atoms with van der Waals surface area (Å²) >= 11 is 0. The summed E-state index contributed by atoms with van der Waals surface area (Å²) in [6, 6.07) is 7.10. The molecule has 1 heterocycles. The summed E-state index contributed by atoms with van der Waals surface area (Å²) < 4.78 is 0. The Kier molecular flexibility index (Phi) is 4.38. The van der Waals surface area contributed by atoms with E-state index in [1.807, 2.05) is 0 Å². The lowest BCUT2D eigenvalue weighted by Gasteiger charge is -2.23. The largest absolute Gasteiger partial charge is 0.314 e. The molecule has 0 amide bonds. The average Bonchev–Trinajstić information content (AvgIpc) is 2.71. The summed E-state index contributed by atoms with van der Waals surface area (Å²) in [6.45, 7) is 6.55. The maximum absolute atomic E-state index is 6.22. The number of hydrogen-bond acceptors (Lipinski definition) is 3. The first-order valence-corrected chi connectivity index (χ1v) is 6.97. The molecule has 1 aliphatic rings. The van der Waals surface area contributed by atoms with E-state index in [2.05, 4.69) is 49.8 Å². The summed E-state index contributed by atoms with van der Waals surface area (Å²) in [5.41, 5.74) is 16.8. The van der Waals surface area contributed by atoms with Crippen molar-refractivity contribution in [3.8, 4) is 0 Å². The zero-order valence-corrected chi connectivity index (χ0v) is 11.7. The van der Waals surface area contributed by atoms with Crippen molar-refractivity contribution in [3.05, 3.63) is 34.9 Å². The van der Waals surface area contributed by atoms with Gasteiger partial charge in [0.05, 0.1) is 6.17 Å². The lowest BCUT2D eigenvalue weighted by molar-refractivity contribution is 0.471. The van der Waals surface area contributed by atoms with Crippen molar-refractivity contribution in [2.24, 2.45) is 5.73 Å². The topological polar surface area (TPSA) is 50.1 Å². The van der Waals surface area contributed by atoms with Crippen LogP contribution < -0.4 is 16.6 Å². The molecule has 3 nitrogen and oxygen atoms in total. The van der Waals surface area contributed by atoms with Crippen LogP contribution in [-0.4, -0.2) is 12.2 Å². The van der Waals surface area contributed by atoms with Crippen LogP contribution in [0.25, 0.3) is 0 Å². The molecular weight excluding hydrogens is 222 g/mol. The summed E-state index contributed by atoms with van der Waals surface area (Å²) in [7, 11) is 0. The van der Waals surface area contributed by atoms with Gasteiger partial charge in [0, 0.05) is 12.0 Å². The van der Waals surface area contributed by atoms with Crippen molar-refractivity contribution >= 4 is 0 Å². The highest BCUT2D eigenvalue weighted by Gasteiger charge is 2.34. The van der Waals surface area contributed by atoms with Gasteiger partial charge in [0.25, 0.3) is 0 Å². The summed E-state index contributed by atoms with van der Waals surface area (Å²) in [4.78, 5) is 0. The molecule has 1 fully saturated rings. The van der Waals surface area contributed by atoms with Crippen LogP contribution in [-0.2, 0) is 0 Å². The van der Waals surface area contributed by atoms with Crippen LogP contribution in [0.5, 0.6) is 0 Å². The summed E-state index contributed by atoms with van der Waals surface area (Å²) in [6.07, 6.45) is 3.66. The third-order valence-corrected chi connectivity index (χ3v) is 3.92. The van der Waals surface area contributed by atoms with Gasteiger partial charge in [-0.15, -0.1) is 0 Å². The molecule has 0 radical (unpaired) electrons. The van der Waals surface area contributed by atoms with E-state index in [1.54, 1.807) is 0 Å². The first-order chi connectivity index (χ1) is 8.63. The predicted octanol–water partition coefficient (Wildman–Crippen LogP) is 2.34. The van der Waals surface area contributed by atoms with E-state index in [0.717, 1.165) is 0 Å². The third-order valence-electron chi connectivity index (χ3n) is 3.92. The highest BCUT2D eigenvalue weighted by atomic mass is 15.5. The zero-order valence-electron chi connectivity index (χ0n) is 11.7. The van der Waals surface area contributed by atoms with Gasteiger partial charge in [-0.2, -0.15) is 0 Å². The number of unbranched alkanes of at least 4 members (excludes halogenated alkanes) is 1. The standard InChI is InChI=1S/C15H25N3/c1-4-5-6-13-14(15(16)18-17-13)12-9-10(2)7-8-11(12)3/h7-9,13-15,17-18H,4-6,16H2,1-3H3. The van der Waals surface area contributed by atoms with Crippen LogP contribution in [0.15, 0.2) is 18.2 Å². The second-order valence-electron chi connectivity index (χ2n) is 5.45. The Morgan fingerprint density at radius 1 is 1.22 bits per heavy atom. The van der Waals surface area contributed by atoms with Gasteiger partial charge in [-0.1, -0.05) is 43.5 Å². The van der Waals surface area contributed by atoms with Gasteiger partial charge in [0.2, 0.25) is 0 Å². The van der Waals surface area contributed by atoms with Crippen molar-refractivity contribution in [2.45, 2.75) is 58.2 Å². The summed E-state index contributed by atoms with van der Waals surface area (Å²) in [5, 5.41) is 0. The van der Waals surface area contributed by atoms with Gasteiger partial charge in [0.15, 0.2) is 0 Å². The Morgan fingerprint density at radius 3 is 2.72 bits per heavy atom. The van der Waals surface area contributed by atoms with Gasteiger partial charge < -0.3 is 5.73 Å². The van der Waals surface area contributed by atoms with Gasteiger partial charge >= 0.3 is 0 Å². The SMILES string of the molecule is CCCCC1NNC(N)C1c1cc(C)ccc1C. The molecule has 1 aromatic rings. The second-order valence-corrected chi connectivity index (χ2v) is 5.45. The van der Waals surface area contributed by atoms with E-state index in [4.69, 9.17) is 5.73 Å². The van der Waals surface area contributed by atoms with E-state index >= 15 is 0 Å². The summed E-state index contributed by atoms with van der Waals surface area (Å²) in [5.74, 6) is 0.372. The molecule has 100 valence electrons. The van der Waals surface area contributed by atoms with Crippen LogP contribution in [0.3, 0.4) is 0 Å². The normalized spacial score (nSPS) is 27.7. The van der Waals surface area contributed by atoms with Gasteiger partial charge in [-0.3, -0.25) is 5.43 Å². The van der Waals surface area contributed by atoms with Crippen LogP contribution in [0.1, 0.15) is 48.8 Å². The van der Waals surface area contributed by atoms with E-state index in [0.29, 0.717) is 12.0 Å². The number of hydrogen-bond donors (Lipinski definition) is 3. The molecule has 1 saturated heterocycles. The van der Waals surface area contributed by atoms with Crippen molar-refractivity contribution in [1.82, 2.24) is 10.9 Å². The molecule has 3 atom stereocenters. The first-order valence-electron chi connectivity index (χ1n) is 6.97. The minimum absolute atomic E-state index is 0.00681. The molecule has 0 saturated carbocycles. The fourth-order valence-corrected chi connectivity index (χ4v) is 2.84. The Labute approximate surface area is 110 Å². The second kappa shape index (κ2) is 5.83. The van der Waals surface area contributed by atoms with Crippen LogP contribution >= 0.6 is 0 Å². The molecule has 0 aliphatic carbocycles. The lowest BCUT2D eigenvalue weighted by atomic mass is 9.85. The Hall–Kier alpha value is -0.900. The molecule has 2 rings (SSSR count). The fourth-order valence-electron chi connectivity index (χ4n) is 2.84. The van der Waals surface area contributed by atoms with Gasteiger partial charge in [-0.25, -0.2) is 5.43 Å². The molecule has 0 aromatic heterocycles. The molecule has 1 aromatic carbocycles. The Bertz CT molecular complexity index is 403. The minimum Gasteiger partial charge on any atom is -0.314 e. The Balaban J connectivity index is 2.24. The highest BCUT2D eigenvalue weighted by Crippen LogP contribution is 2.30. The molecule has 1 aliphatic heterocycles. The van der Waals surface area contributed by atoms with Crippen molar-refractivity contribution in [1.29, 1.82) is 0 Å². The van der Waals surface area contributed by atoms with Gasteiger partial charge in [0.1, 0.15) is 0 Å². The van der Waals surface area contributed by atoms with Gasteiger partial charge in [-0.05, 0) is 31.4 Å². The molecule has 0 spiro atoms. The molecule has 3 heteroatoms. The fraction of sp³-hybridized carbons (Fsp3) is 0.600. The van der Waals surface area contributed by atoms with Crippen molar-refractivity contribution < 1.29 is 0 Å². The van der Waals surface area contributed by atoms with E-state index in [1.165, 1.54) is 36.0 Å². The first kappa shape index (κ1) is 13.5. The molecule has 4 N–H and O–H groups in total. The van der Waals surface area contributed by atoms with Crippen molar-refractivity contribution in [3.63, 3.8) is 0 Å². The van der Waals surface area contributed by atoms with E-state index in [-0.39, 0.29) is 6.17 Å². The smallest absolute Gasteiger partial charge is 0.0764 e. The van der Waals surface area contributed by atoms with Crippen LogP contribution in [0, 0.1) is 13.8 Å². The maximum atomic E-state index is 6.22. The molecular formula is C15H25N3. The monoisotopic (exact) mass is 247 g/mol. The number of benzene rings is 1. The molecule has 18 heavy (non-hydrogen) atoms. The van der Waals surface area contributed by atoms with E-state index < -0.39 is 0 Å². The third kappa shape index (κ3) is 2.74. The van der Waals surface area contributed by atoms with Crippen LogP contribution in [0.2, 0.25) is 0 Å². The minimum atomic E-state index is 0.00681. The number of nitrogens with two attached hydrogens (primary N) is 1. The number of nitrogens with one attached hydrogen (secondary N) is 2. The number of rotatable bonds is 4. The number of aryl methyl sites for hydroxylation is 2. The maximum Gasteiger partial charge on any atom is 0.0764 e. The highest BCUT2D eigenvalue weighted by molar-refractivity contribution is 5.35. The van der Waals surface area contributed by atoms with Crippen molar-refractivity contribution in [2.75, 3.05) is 0 Å². The zero-order chi connectivity index (χ0) is 13.1. The number of hydrazine groups is 1. The predicted molar refractivity (Wildman–Crippen MR) is 76.2 cm³/mol. The molecule has 0 bridgehead atoms. The average molecular weight is 247 g/mol.